The SMILES string of the molecule is COC(=N)c1ncn([C@@H]2O[C@H](CO)[C@@H](O)[C@H]2O)n1. The molecule has 100 valence electrons. The van der Waals surface area contributed by atoms with Crippen molar-refractivity contribution < 1.29 is 24.8 Å². The summed E-state index contributed by atoms with van der Waals surface area (Å²) in [5, 5.41) is 39.6. The molecular formula is C9H14N4O5. The Morgan fingerprint density at radius 2 is 2.28 bits per heavy atom. The Kier molecular flexibility index (Phi) is 3.57. The second-order valence-corrected chi connectivity index (χ2v) is 3.81. The van der Waals surface area contributed by atoms with E-state index in [1.807, 2.05) is 0 Å². The highest BCUT2D eigenvalue weighted by atomic mass is 16.6. The third kappa shape index (κ3) is 2.08. The second-order valence-electron chi connectivity index (χ2n) is 3.81. The molecule has 0 aromatic carbocycles. The van der Waals surface area contributed by atoms with Crippen LogP contribution in [0.3, 0.4) is 0 Å². The van der Waals surface area contributed by atoms with Gasteiger partial charge in [0.15, 0.2) is 6.23 Å². The molecule has 0 spiro atoms. The van der Waals surface area contributed by atoms with Crippen LogP contribution in [0.25, 0.3) is 0 Å². The number of hydrogen-bond acceptors (Lipinski definition) is 8. The molecule has 0 unspecified atom stereocenters. The minimum atomic E-state index is -1.23. The Labute approximate surface area is 102 Å². The fraction of sp³-hybridized carbons (Fsp3) is 0.667. The molecule has 1 aliphatic rings. The summed E-state index contributed by atoms with van der Waals surface area (Å²) in [4.78, 5) is 3.81. The summed E-state index contributed by atoms with van der Waals surface area (Å²) in [6.07, 6.45) is -3.01. The Balaban J connectivity index is 2.17. The van der Waals surface area contributed by atoms with E-state index in [1.165, 1.54) is 18.1 Å². The van der Waals surface area contributed by atoms with E-state index in [2.05, 4.69) is 14.8 Å². The van der Waals surface area contributed by atoms with Gasteiger partial charge >= 0.3 is 0 Å². The normalized spacial score (nSPS) is 31.6. The van der Waals surface area contributed by atoms with E-state index in [0.717, 1.165) is 0 Å². The zero-order valence-electron chi connectivity index (χ0n) is 9.59. The van der Waals surface area contributed by atoms with Crippen molar-refractivity contribution >= 4 is 5.90 Å². The number of aliphatic hydroxyl groups is 3. The molecule has 1 aromatic rings. The Hall–Kier alpha value is -1.55. The zero-order chi connectivity index (χ0) is 13.3. The van der Waals surface area contributed by atoms with Crippen molar-refractivity contribution in [2.75, 3.05) is 13.7 Å². The van der Waals surface area contributed by atoms with Gasteiger partial charge in [0.1, 0.15) is 24.6 Å². The molecule has 9 heteroatoms. The van der Waals surface area contributed by atoms with Gasteiger partial charge in [-0.2, -0.15) is 0 Å². The quantitative estimate of drug-likeness (QED) is 0.359. The van der Waals surface area contributed by atoms with Gasteiger partial charge in [-0.3, -0.25) is 5.41 Å². The van der Waals surface area contributed by atoms with Gasteiger partial charge < -0.3 is 24.8 Å². The number of aliphatic hydroxyl groups excluding tert-OH is 3. The van der Waals surface area contributed by atoms with E-state index >= 15 is 0 Å². The van der Waals surface area contributed by atoms with E-state index in [9.17, 15) is 10.2 Å². The molecule has 18 heavy (non-hydrogen) atoms. The third-order valence-electron chi connectivity index (χ3n) is 2.69. The van der Waals surface area contributed by atoms with Crippen LogP contribution in [0.1, 0.15) is 12.1 Å². The molecule has 9 nitrogen and oxygen atoms in total. The van der Waals surface area contributed by atoms with E-state index in [1.54, 1.807) is 0 Å². The van der Waals surface area contributed by atoms with Crippen molar-refractivity contribution in [3.63, 3.8) is 0 Å². The largest absolute Gasteiger partial charge is 0.479 e. The number of aromatic nitrogens is 3. The first-order valence-corrected chi connectivity index (χ1v) is 5.25. The monoisotopic (exact) mass is 258 g/mol. The van der Waals surface area contributed by atoms with Gasteiger partial charge in [-0.25, -0.2) is 9.67 Å². The molecule has 1 aromatic heterocycles. The number of nitrogens with one attached hydrogen (secondary N) is 1. The summed E-state index contributed by atoms with van der Waals surface area (Å²) in [5.74, 6) is -0.185. The summed E-state index contributed by atoms with van der Waals surface area (Å²) < 4.78 is 11.1. The van der Waals surface area contributed by atoms with Gasteiger partial charge in [0.25, 0.3) is 5.90 Å². The third-order valence-corrected chi connectivity index (χ3v) is 2.69. The van der Waals surface area contributed by atoms with Gasteiger partial charge in [0, 0.05) is 0 Å². The molecule has 1 aliphatic heterocycles. The molecule has 0 radical (unpaired) electrons. The van der Waals surface area contributed by atoms with Crippen LogP contribution in [0.4, 0.5) is 0 Å². The molecule has 0 aliphatic carbocycles. The smallest absolute Gasteiger partial charge is 0.253 e. The fourth-order valence-corrected chi connectivity index (χ4v) is 1.69. The maximum Gasteiger partial charge on any atom is 0.253 e. The molecule has 4 atom stereocenters. The number of rotatable bonds is 3. The van der Waals surface area contributed by atoms with Crippen molar-refractivity contribution in [1.82, 2.24) is 14.8 Å². The lowest BCUT2D eigenvalue weighted by Crippen LogP contribution is -2.33. The molecule has 1 fully saturated rings. The summed E-state index contributed by atoms with van der Waals surface area (Å²) >= 11 is 0. The average molecular weight is 258 g/mol. The number of ether oxygens (including phenoxy) is 2. The highest BCUT2D eigenvalue weighted by molar-refractivity contribution is 5.87. The fourth-order valence-electron chi connectivity index (χ4n) is 1.69. The van der Waals surface area contributed by atoms with Crippen molar-refractivity contribution in [2.45, 2.75) is 24.5 Å². The number of hydrogen-bond donors (Lipinski definition) is 4. The Morgan fingerprint density at radius 1 is 1.56 bits per heavy atom. The van der Waals surface area contributed by atoms with Crippen LogP contribution >= 0.6 is 0 Å². The zero-order valence-corrected chi connectivity index (χ0v) is 9.59. The highest BCUT2D eigenvalue weighted by Crippen LogP contribution is 2.28. The summed E-state index contributed by atoms with van der Waals surface area (Å²) in [7, 11) is 1.31. The van der Waals surface area contributed by atoms with Gasteiger partial charge in [0.2, 0.25) is 5.82 Å². The Bertz CT molecular complexity index is 436. The van der Waals surface area contributed by atoms with Crippen LogP contribution in [-0.2, 0) is 9.47 Å². The molecule has 4 N–H and O–H groups in total. The molecule has 2 heterocycles. The first kappa shape index (κ1) is 12.9. The van der Waals surface area contributed by atoms with E-state index in [0.29, 0.717) is 0 Å². The van der Waals surface area contributed by atoms with E-state index < -0.39 is 31.1 Å². The van der Waals surface area contributed by atoms with Crippen LogP contribution < -0.4 is 0 Å². The molecule has 0 saturated carbocycles. The lowest BCUT2D eigenvalue weighted by molar-refractivity contribution is -0.0588. The van der Waals surface area contributed by atoms with Crippen molar-refractivity contribution in [3.8, 4) is 0 Å². The van der Waals surface area contributed by atoms with Crippen LogP contribution in [0, 0.1) is 5.41 Å². The predicted octanol–water partition coefficient (Wildman–Crippen LogP) is -2.14. The van der Waals surface area contributed by atoms with Crippen LogP contribution in [0.5, 0.6) is 0 Å². The van der Waals surface area contributed by atoms with E-state index in [-0.39, 0.29) is 11.7 Å². The van der Waals surface area contributed by atoms with E-state index in [4.69, 9.17) is 15.3 Å². The second kappa shape index (κ2) is 4.98. The van der Waals surface area contributed by atoms with Crippen LogP contribution in [0.2, 0.25) is 0 Å². The molecule has 2 rings (SSSR count). The van der Waals surface area contributed by atoms with Gasteiger partial charge in [-0.05, 0) is 0 Å². The van der Waals surface area contributed by atoms with Crippen molar-refractivity contribution in [1.29, 1.82) is 5.41 Å². The standard InChI is InChI=1S/C9H14N4O5/c1-17-7(10)8-11-3-13(12-8)9-6(16)5(15)4(2-14)18-9/h3-6,9-10,14-16H,2H2,1H3/t4-,5-,6-,9-/m1/s1. The molecule has 1 saturated heterocycles. The summed E-state index contributed by atoms with van der Waals surface area (Å²) in [6.45, 7) is -0.413. The first-order chi connectivity index (χ1) is 8.58. The molecule has 0 bridgehead atoms. The average Bonchev–Trinajstić information content (AvgIpc) is 2.96. The summed E-state index contributed by atoms with van der Waals surface area (Å²) in [6, 6.07) is 0. The molecule has 0 amide bonds. The highest BCUT2D eigenvalue weighted by Gasteiger charge is 2.43. The van der Waals surface area contributed by atoms with Crippen LogP contribution in [-0.4, -0.2) is 68.0 Å². The van der Waals surface area contributed by atoms with Gasteiger partial charge in [0.05, 0.1) is 13.7 Å². The number of methoxy groups -OCH3 is 1. The minimum Gasteiger partial charge on any atom is -0.479 e. The topological polar surface area (TPSA) is 134 Å². The Morgan fingerprint density at radius 3 is 2.83 bits per heavy atom. The predicted molar refractivity (Wildman–Crippen MR) is 56.9 cm³/mol. The minimum absolute atomic E-state index is 0.0373. The maximum atomic E-state index is 9.76. The number of nitrogens with zero attached hydrogens (tertiary/aromatic N) is 3. The van der Waals surface area contributed by atoms with Gasteiger partial charge in [-0.15, -0.1) is 5.10 Å². The maximum absolute atomic E-state index is 9.76. The van der Waals surface area contributed by atoms with Crippen LogP contribution in [0.15, 0.2) is 6.33 Å². The van der Waals surface area contributed by atoms with Gasteiger partial charge in [-0.1, -0.05) is 0 Å². The lowest BCUT2D eigenvalue weighted by atomic mass is 10.1. The first-order valence-electron chi connectivity index (χ1n) is 5.25. The molecular weight excluding hydrogens is 244 g/mol. The summed E-state index contributed by atoms with van der Waals surface area (Å²) in [5.41, 5.74) is 0. The van der Waals surface area contributed by atoms with Crippen molar-refractivity contribution in [3.05, 3.63) is 12.2 Å². The van der Waals surface area contributed by atoms with Crippen molar-refractivity contribution in [2.24, 2.45) is 0 Å². The lowest BCUT2D eigenvalue weighted by Gasteiger charge is -2.13.